The van der Waals surface area contributed by atoms with Crippen LogP contribution in [0.25, 0.3) is 0 Å². The van der Waals surface area contributed by atoms with Crippen LogP contribution in [0.15, 0.2) is 48.1 Å². The van der Waals surface area contributed by atoms with Crippen molar-refractivity contribution in [2.75, 3.05) is 19.1 Å². The highest BCUT2D eigenvalue weighted by atomic mass is 35.5. The first-order valence-electron chi connectivity index (χ1n) is 14.5. The number of hydrogen-bond acceptors (Lipinski definition) is 5. The van der Waals surface area contributed by atoms with Crippen molar-refractivity contribution in [2.24, 2.45) is 39.9 Å². The summed E-state index contributed by atoms with van der Waals surface area (Å²) in [4.78, 5) is 28.2. The molecule has 1 saturated heterocycles. The third-order valence-electron chi connectivity index (χ3n) is 10.9. The van der Waals surface area contributed by atoms with E-state index in [1.165, 1.54) is 12.2 Å². The number of nitrogens with zero attached hydrogens (tertiary/aromatic N) is 1. The van der Waals surface area contributed by atoms with E-state index < -0.39 is 34.5 Å². The largest absolute Gasteiger partial charge is 0.393 e. The van der Waals surface area contributed by atoms with Gasteiger partial charge in [0.15, 0.2) is 10.9 Å². The molecule has 40 heavy (non-hydrogen) atoms. The van der Waals surface area contributed by atoms with E-state index in [-0.39, 0.29) is 41.0 Å². The van der Waals surface area contributed by atoms with Gasteiger partial charge in [0, 0.05) is 36.0 Å². The summed E-state index contributed by atoms with van der Waals surface area (Å²) in [5, 5.41) is 12.3. The quantitative estimate of drug-likeness (QED) is 0.417. The zero-order valence-electron chi connectivity index (χ0n) is 23.7. The van der Waals surface area contributed by atoms with Crippen LogP contribution in [-0.2, 0) is 16.1 Å². The van der Waals surface area contributed by atoms with Gasteiger partial charge in [-0.1, -0.05) is 69.3 Å². The van der Waals surface area contributed by atoms with Gasteiger partial charge in [-0.15, -0.1) is 0 Å². The lowest BCUT2D eigenvalue weighted by Gasteiger charge is -2.60. The van der Waals surface area contributed by atoms with Gasteiger partial charge < -0.3 is 5.11 Å². The second-order valence-corrected chi connectivity index (χ2v) is 13.9. The van der Waals surface area contributed by atoms with Crippen molar-refractivity contribution in [3.05, 3.63) is 58.7 Å². The van der Waals surface area contributed by atoms with Crippen molar-refractivity contribution >= 4 is 34.3 Å². The van der Waals surface area contributed by atoms with Crippen LogP contribution in [0.4, 0.5) is 8.78 Å². The molecule has 4 aliphatic carbocycles. The summed E-state index contributed by atoms with van der Waals surface area (Å²) in [7, 11) is 0. The molecule has 1 aromatic carbocycles. The van der Waals surface area contributed by atoms with Crippen molar-refractivity contribution in [2.45, 2.75) is 65.8 Å². The maximum absolute atomic E-state index is 15.7. The Morgan fingerprint density at radius 1 is 1.25 bits per heavy atom. The molecule has 4 nitrogen and oxygen atoms in total. The second-order valence-electron chi connectivity index (χ2n) is 12.6. The maximum Gasteiger partial charge on any atom is 0.199 e. The van der Waals surface area contributed by atoms with E-state index in [0.717, 1.165) is 23.7 Å². The Bertz CT molecular complexity index is 1240. The van der Waals surface area contributed by atoms with Crippen molar-refractivity contribution < 1.29 is 23.5 Å². The number of fused-ring (bicyclic) bond motifs is 7. The van der Waals surface area contributed by atoms with Crippen molar-refractivity contribution in [3.8, 4) is 0 Å². The van der Waals surface area contributed by atoms with Gasteiger partial charge in [-0.3, -0.25) is 14.5 Å². The average molecular weight is 592 g/mol. The first-order valence-corrected chi connectivity index (χ1v) is 15.9. The molecule has 218 valence electrons. The number of hydrogen-bond donors (Lipinski definition) is 1. The van der Waals surface area contributed by atoms with E-state index in [0.29, 0.717) is 36.7 Å². The number of aliphatic hydroxyl groups is 1. The molecule has 1 N–H and O–H groups in total. The molecule has 4 fully saturated rings. The SMILES string of the molecule is CC.C[C@]12C=CC(=O)C=C1[C@@H](F)C[C@@H]1C2[C@@H](O)C[C@@]2(C)C1C[C@H]1CN(Cc3cccc(Cl)c3)C[C@]12C(=O)SCF. The number of carbonyl (C=O) groups is 2. The number of aliphatic hydroxyl groups excluding tert-OH is 1. The summed E-state index contributed by atoms with van der Waals surface area (Å²) in [6.07, 6.45) is 4.07. The summed E-state index contributed by atoms with van der Waals surface area (Å²) < 4.78 is 29.4. The zero-order valence-corrected chi connectivity index (χ0v) is 25.3. The van der Waals surface area contributed by atoms with Gasteiger partial charge in [-0.05, 0) is 77.9 Å². The molecule has 3 saturated carbocycles. The summed E-state index contributed by atoms with van der Waals surface area (Å²) in [5.74, 6) is -0.547. The fraction of sp³-hybridized carbons (Fsp3) is 0.625. The summed E-state index contributed by atoms with van der Waals surface area (Å²) >= 11 is 6.96. The van der Waals surface area contributed by atoms with Gasteiger partial charge in [0.2, 0.25) is 0 Å². The minimum atomic E-state index is -1.27. The monoisotopic (exact) mass is 591 g/mol. The van der Waals surface area contributed by atoms with E-state index in [1.54, 1.807) is 6.08 Å². The van der Waals surface area contributed by atoms with Gasteiger partial charge in [0.25, 0.3) is 0 Å². The van der Waals surface area contributed by atoms with Crippen LogP contribution in [0.2, 0.25) is 5.02 Å². The first kappa shape index (κ1) is 29.9. The average Bonchev–Trinajstić information content (AvgIpc) is 3.38. The standard InChI is InChI=1S/C30H34ClF2NO3S.C2H6/c1-28-7-6-20(35)10-23(28)24(33)11-21-22-9-18-14-34(13-17-4-3-5-19(31)8-17)15-30(18,27(37)38-16-32)29(22,2)12-25(36)26(21)28;1-2/h3-8,10,18,21-22,24-26,36H,9,11-16H2,1-2H3;1-2H3/t18-,21-,22?,24-,25-,26?,28-,29-,30+;/m0./s1. The molecule has 1 aromatic rings. The lowest BCUT2D eigenvalue weighted by molar-refractivity contribution is -0.154. The molecule has 6 rings (SSSR count). The lowest BCUT2D eigenvalue weighted by atomic mass is 9.45. The minimum absolute atomic E-state index is 0.000432. The van der Waals surface area contributed by atoms with Crippen LogP contribution in [0, 0.1) is 39.9 Å². The van der Waals surface area contributed by atoms with Crippen molar-refractivity contribution in [1.82, 2.24) is 4.90 Å². The van der Waals surface area contributed by atoms with Crippen molar-refractivity contribution in [1.29, 1.82) is 0 Å². The Labute approximate surface area is 245 Å². The van der Waals surface area contributed by atoms with Crippen LogP contribution in [0.1, 0.15) is 52.5 Å². The lowest BCUT2D eigenvalue weighted by Crippen LogP contribution is -2.61. The number of halogens is 3. The van der Waals surface area contributed by atoms with Crippen LogP contribution in [0.3, 0.4) is 0 Å². The smallest absolute Gasteiger partial charge is 0.199 e. The topological polar surface area (TPSA) is 57.6 Å². The van der Waals surface area contributed by atoms with E-state index in [2.05, 4.69) is 11.8 Å². The first-order chi connectivity index (χ1) is 19.0. The fourth-order valence-corrected chi connectivity index (χ4v) is 10.6. The Balaban J connectivity index is 0.00000158. The molecule has 1 aliphatic heterocycles. The molecule has 0 spiro atoms. The maximum atomic E-state index is 15.7. The third-order valence-corrected chi connectivity index (χ3v) is 11.9. The highest BCUT2D eigenvalue weighted by Gasteiger charge is 2.74. The minimum Gasteiger partial charge on any atom is -0.393 e. The number of ketones is 1. The predicted octanol–water partition coefficient (Wildman–Crippen LogP) is 6.81. The number of carbonyl (C=O) groups excluding carboxylic acids is 2. The Morgan fingerprint density at radius 2 is 2.00 bits per heavy atom. The molecule has 1 heterocycles. The molecule has 5 aliphatic rings. The molecule has 0 bridgehead atoms. The van der Waals surface area contributed by atoms with Crippen LogP contribution in [-0.4, -0.2) is 52.3 Å². The molecule has 9 atom stereocenters. The number of rotatable bonds is 4. The highest BCUT2D eigenvalue weighted by Crippen LogP contribution is 2.73. The Hall–Kier alpha value is -1.54. The summed E-state index contributed by atoms with van der Waals surface area (Å²) in [6.45, 7) is 9.86. The highest BCUT2D eigenvalue weighted by molar-refractivity contribution is 8.13. The number of likely N-dealkylation sites (tertiary alicyclic amines) is 1. The molecule has 0 amide bonds. The van der Waals surface area contributed by atoms with Crippen LogP contribution < -0.4 is 0 Å². The molecule has 0 aromatic heterocycles. The molecular weight excluding hydrogens is 552 g/mol. The predicted molar refractivity (Wildman–Crippen MR) is 156 cm³/mol. The van der Waals surface area contributed by atoms with Gasteiger partial charge in [0.05, 0.1) is 11.5 Å². The third kappa shape index (κ3) is 4.37. The second kappa shape index (κ2) is 10.9. The Morgan fingerprint density at radius 3 is 2.70 bits per heavy atom. The van der Waals surface area contributed by atoms with Crippen LogP contribution >= 0.6 is 23.4 Å². The van der Waals surface area contributed by atoms with E-state index in [9.17, 15) is 19.1 Å². The number of alkyl halides is 2. The van der Waals surface area contributed by atoms with Gasteiger partial charge >= 0.3 is 0 Å². The van der Waals surface area contributed by atoms with Crippen molar-refractivity contribution in [3.63, 3.8) is 0 Å². The normalized spacial score (nSPS) is 41.7. The van der Waals surface area contributed by atoms with Gasteiger partial charge in [0.1, 0.15) is 12.2 Å². The van der Waals surface area contributed by atoms with Gasteiger partial charge in [-0.2, -0.15) is 0 Å². The molecule has 0 radical (unpaired) electrons. The van der Waals surface area contributed by atoms with Gasteiger partial charge in [-0.25, -0.2) is 8.78 Å². The Kier molecular flexibility index (Phi) is 8.19. The summed E-state index contributed by atoms with van der Waals surface area (Å²) in [5.41, 5.74) is -0.620. The van der Waals surface area contributed by atoms with E-state index in [1.807, 2.05) is 45.0 Å². The fourth-order valence-electron chi connectivity index (χ4n) is 9.53. The molecule has 8 heteroatoms. The number of benzene rings is 1. The number of thioether (sulfide) groups is 1. The van der Waals surface area contributed by atoms with E-state index in [4.69, 9.17) is 11.6 Å². The number of allylic oxidation sites excluding steroid dienone is 4. The molecular formula is C32H40ClF2NO3S. The summed E-state index contributed by atoms with van der Waals surface area (Å²) in [6, 6.07) is 6.91. The zero-order chi connectivity index (χ0) is 29.0. The molecule has 2 unspecified atom stereocenters. The van der Waals surface area contributed by atoms with Crippen LogP contribution in [0.5, 0.6) is 0 Å². The van der Waals surface area contributed by atoms with E-state index >= 15 is 4.39 Å².